The molecule has 1 aliphatic heterocycles. The van der Waals surface area contributed by atoms with E-state index in [0.29, 0.717) is 25.2 Å². The number of benzene rings is 1. The normalized spacial score (nSPS) is 18.6. The second-order valence-corrected chi connectivity index (χ2v) is 5.04. The Morgan fingerprint density at radius 3 is 2.76 bits per heavy atom. The van der Waals surface area contributed by atoms with Gasteiger partial charge in [-0.05, 0) is 30.5 Å². The van der Waals surface area contributed by atoms with Gasteiger partial charge in [-0.2, -0.15) is 18.4 Å². The van der Waals surface area contributed by atoms with E-state index in [4.69, 9.17) is 10.4 Å². The fourth-order valence-electron chi connectivity index (χ4n) is 2.54. The van der Waals surface area contributed by atoms with Crippen molar-refractivity contribution in [1.29, 1.82) is 5.26 Å². The molecule has 0 spiro atoms. The lowest BCUT2D eigenvalue weighted by molar-refractivity contribution is -0.138. The largest absolute Gasteiger partial charge is 0.481 e. The fourth-order valence-corrected chi connectivity index (χ4v) is 2.54. The molecule has 0 bridgehead atoms. The number of halogens is 3. The number of alkyl halides is 3. The van der Waals surface area contributed by atoms with Gasteiger partial charge in [0.05, 0.1) is 16.8 Å². The smallest absolute Gasteiger partial charge is 0.416 e. The number of carbonyl (C=O) groups is 1. The lowest BCUT2D eigenvalue weighted by Gasteiger charge is -2.20. The molecule has 1 aromatic rings. The topological polar surface area (TPSA) is 64.3 Å². The van der Waals surface area contributed by atoms with Gasteiger partial charge >= 0.3 is 12.1 Å². The molecule has 0 radical (unpaired) electrons. The summed E-state index contributed by atoms with van der Waals surface area (Å²) in [6.07, 6.45) is -3.81. The van der Waals surface area contributed by atoms with E-state index in [0.717, 1.165) is 12.1 Å². The number of hydrogen-bond donors (Lipinski definition) is 1. The quantitative estimate of drug-likeness (QED) is 0.932. The minimum absolute atomic E-state index is 0.0268. The molecule has 2 rings (SSSR count). The number of aliphatic carboxylic acids is 1. The number of nitrogens with zero attached hydrogens (tertiary/aromatic N) is 2. The minimum Gasteiger partial charge on any atom is -0.481 e. The Balaban J connectivity index is 2.22. The van der Waals surface area contributed by atoms with E-state index >= 15 is 0 Å². The zero-order valence-corrected chi connectivity index (χ0v) is 11.0. The van der Waals surface area contributed by atoms with Gasteiger partial charge in [0.1, 0.15) is 6.07 Å². The first-order valence-corrected chi connectivity index (χ1v) is 6.39. The minimum atomic E-state index is -4.49. The van der Waals surface area contributed by atoms with Crippen molar-refractivity contribution in [3.8, 4) is 6.07 Å². The van der Waals surface area contributed by atoms with E-state index in [1.54, 1.807) is 11.0 Å². The maximum Gasteiger partial charge on any atom is 0.416 e. The summed E-state index contributed by atoms with van der Waals surface area (Å²) in [5.74, 6) is -0.939. The molecule has 1 saturated heterocycles. The first-order valence-electron chi connectivity index (χ1n) is 6.39. The predicted octanol–water partition coefficient (Wildman–Crippen LogP) is 2.88. The Labute approximate surface area is 119 Å². The van der Waals surface area contributed by atoms with E-state index in [1.807, 2.05) is 0 Å². The third-order valence-electron chi connectivity index (χ3n) is 3.53. The first kappa shape index (κ1) is 15.2. The second-order valence-electron chi connectivity index (χ2n) is 5.04. The summed E-state index contributed by atoms with van der Waals surface area (Å²) in [5.41, 5.74) is -0.469. The van der Waals surface area contributed by atoms with Crippen molar-refractivity contribution in [3.05, 3.63) is 29.3 Å². The summed E-state index contributed by atoms with van der Waals surface area (Å²) < 4.78 is 37.9. The zero-order valence-electron chi connectivity index (χ0n) is 11.0. The number of anilines is 1. The van der Waals surface area contributed by atoms with Crippen LogP contribution in [0.25, 0.3) is 0 Å². The van der Waals surface area contributed by atoms with Crippen LogP contribution in [0.3, 0.4) is 0 Å². The van der Waals surface area contributed by atoms with Crippen LogP contribution in [0.2, 0.25) is 0 Å². The van der Waals surface area contributed by atoms with Gasteiger partial charge in [-0.15, -0.1) is 0 Å². The molecule has 1 unspecified atom stereocenters. The van der Waals surface area contributed by atoms with Gasteiger partial charge < -0.3 is 10.0 Å². The Kier molecular flexibility index (Phi) is 4.07. The average molecular weight is 298 g/mol. The van der Waals surface area contributed by atoms with E-state index in [9.17, 15) is 18.0 Å². The summed E-state index contributed by atoms with van der Waals surface area (Å²) >= 11 is 0. The van der Waals surface area contributed by atoms with Crippen LogP contribution in [0, 0.1) is 17.2 Å². The standard InChI is InChI=1S/C14H13F3N2O2/c15-14(16,17)11-1-2-12(10(6-11)7-18)19-4-3-9(8-19)5-13(20)21/h1-2,6,9H,3-5,8H2,(H,20,21). The lowest BCUT2D eigenvalue weighted by Crippen LogP contribution is -2.21. The predicted molar refractivity (Wildman–Crippen MR) is 68.7 cm³/mol. The van der Waals surface area contributed by atoms with Crippen molar-refractivity contribution in [2.45, 2.75) is 19.0 Å². The molecule has 1 N–H and O–H groups in total. The highest BCUT2D eigenvalue weighted by Gasteiger charge is 2.32. The molecule has 1 aliphatic rings. The van der Waals surface area contributed by atoms with Crippen LogP contribution in [0.15, 0.2) is 18.2 Å². The third kappa shape index (κ3) is 3.45. The molecule has 1 atom stereocenters. The molecule has 112 valence electrons. The van der Waals surface area contributed by atoms with Gasteiger partial charge in [-0.25, -0.2) is 0 Å². The molecule has 0 aromatic heterocycles. The fraction of sp³-hybridized carbons (Fsp3) is 0.429. The Hall–Kier alpha value is -2.23. The van der Waals surface area contributed by atoms with E-state index in [1.165, 1.54) is 6.07 Å². The van der Waals surface area contributed by atoms with Crippen molar-refractivity contribution in [1.82, 2.24) is 0 Å². The van der Waals surface area contributed by atoms with Gasteiger partial charge in [0.15, 0.2) is 0 Å². The van der Waals surface area contributed by atoms with Gasteiger partial charge in [-0.3, -0.25) is 4.79 Å². The molecule has 0 aliphatic carbocycles. The molecule has 21 heavy (non-hydrogen) atoms. The summed E-state index contributed by atoms with van der Waals surface area (Å²) in [6, 6.07) is 4.84. The molecule has 7 heteroatoms. The number of rotatable bonds is 3. The molecule has 4 nitrogen and oxygen atoms in total. The van der Waals surface area contributed by atoms with Crippen LogP contribution in [0.1, 0.15) is 24.0 Å². The van der Waals surface area contributed by atoms with E-state index < -0.39 is 17.7 Å². The molecule has 0 amide bonds. The van der Waals surface area contributed by atoms with E-state index in [2.05, 4.69) is 0 Å². The monoisotopic (exact) mass is 298 g/mol. The highest BCUT2D eigenvalue weighted by Crippen LogP contribution is 2.34. The number of hydrogen-bond acceptors (Lipinski definition) is 3. The maximum atomic E-state index is 12.6. The number of carboxylic acid groups (broad SMARTS) is 1. The highest BCUT2D eigenvalue weighted by atomic mass is 19.4. The molecule has 0 saturated carbocycles. The van der Waals surface area contributed by atoms with Crippen molar-refractivity contribution in [2.24, 2.45) is 5.92 Å². The van der Waals surface area contributed by atoms with Gasteiger partial charge in [0.25, 0.3) is 0 Å². The Bertz CT molecular complexity index is 593. The Morgan fingerprint density at radius 2 is 2.19 bits per heavy atom. The number of carboxylic acids is 1. The summed E-state index contributed by atoms with van der Waals surface area (Å²) in [4.78, 5) is 12.5. The highest BCUT2D eigenvalue weighted by molar-refractivity contribution is 5.67. The molecular formula is C14H13F3N2O2. The average Bonchev–Trinajstić information content (AvgIpc) is 2.84. The Morgan fingerprint density at radius 1 is 1.48 bits per heavy atom. The third-order valence-corrected chi connectivity index (χ3v) is 3.53. The maximum absolute atomic E-state index is 12.6. The molecular weight excluding hydrogens is 285 g/mol. The van der Waals surface area contributed by atoms with Crippen LogP contribution in [-0.4, -0.2) is 24.2 Å². The van der Waals surface area contributed by atoms with Crippen molar-refractivity contribution < 1.29 is 23.1 Å². The molecule has 1 fully saturated rings. The van der Waals surface area contributed by atoms with Crippen LogP contribution in [-0.2, 0) is 11.0 Å². The van der Waals surface area contributed by atoms with Gasteiger partial charge in [-0.1, -0.05) is 0 Å². The van der Waals surface area contributed by atoms with Crippen LogP contribution < -0.4 is 4.90 Å². The number of nitriles is 1. The first-order chi connectivity index (χ1) is 9.81. The van der Waals surface area contributed by atoms with Crippen molar-refractivity contribution in [3.63, 3.8) is 0 Å². The zero-order chi connectivity index (χ0) is 15.6. The van der Waals surface area contributed by atoms with Gasteiger partial charge in [0, 0.05) is 19.5 Å². The summed E-state index contributed by atoms with van der Waals surface area (Å²) in [6.45, 7) is 0.977. The SMILES string of the molecule is N#Cc1cc(C(F)(F)F)ccc1N1CCC(CC(=O)O)C1. The molecule has 1 aromatic carbocycles. The van der Waals surface area contributed by atoms with Crippen molar-refractivity contribution >= 4 is 11.7 Å². The summed E-state index contributed by atoms with van der Waals surface area (Å²) in [5, 5.41) is 17.8. The lowest BCUT2D eigenvalue weighted by atomic mass is 10.1. The van der Waals surface area contributed by atoms with Crippen molar-refractivity contribution in [2.75, 3.05) is 18.0 Å². The van der Waals surface area contributed by atoms with Crippen LogP contribution in [0.5, 0.6) is 0 Å². The summed E-state index contributed by atoms with van der Waals surface area (Å²) in [7, 11) is 0. The molecule has 1 heterocycles. The second kappa shape index (κ2) is 5.64. The van der Waals surface area contributed by atoms with Gasteiger partial charge in [0.2, 0.25) is 0 Å². The van der Waals surface area contributed by atoms with Crippen LogP contribution in [0.4, 0.5) is 18.9 Å². The van der Waals surface area contributed by atoms with Crippen LogP contribution >= 0.6 is 0 Å². The van der Waals surface area contributed by atoms with E-state index in [-0.39, 0.29) is 17.9 Å².